The second-order valence-electron chi connectivity index (χ2n) is 4.33. The summed E-state index contributed by atoms with van der Waals surface area (Å²) >= 11 is 0. The molecule has 0 aliphatic carbocycles. The van der Waals surface area contributed by atoms with Gasteiger partial charge in [-0.05, 0) is 30.7 Å². The van der Waals surface area contributed by atoms with Gasteiger partial charge in [-0.3, -0.25) is 4.79 Å². The summed E-state index contributed by atoms with van der Waals surface area (Å²) in [6, 6.07) is 7.11. The number of anilines is 1. The summed E-state index contributed by atoms with van der Waals surface area (Å²) in [6.45, 7) is 4.51. The third-order valence-corrected chi connectivity index (χ3v) is 2.60. The maximum absolute atomic E-state index is 11.7. The van der Waals surface area contributed by atoms with Gasteiger partial charge in [0.05, 0.1) is 5.56 Å². The second-order valence-corrected chi connectivity index (χ2v) is 4.33. The Balaban J connectivity index is 2.35. The van der Waals surface area contributed by atoms with Gasteiger partial charge >= 0.3 is 11.9 Å². The molecule has 0 aliphatic rings. The molecule has 1 N–H and O–H groups in total. The lowest BCUT2D eigenvalue weighted by Crippen LogP contribution is -2.12. The molecule has 0 atom stereocenters. The zero-order valence-corrected chi connectivity index (χ0v) is 12.0. The minimum atomic E-state index is -0.419. The number of ether oxygens (including phenoxy) is 2. The quantitative estimate of drug-likeness (QED) is 0.585. The molecular formula is C15H21NO4. The van der Waals surface area contributed by atoms with Gasteiger partial charge in [-0.1, -0.05) is 13.3 Å². The smallest absolute Gasteiger partial charge is 0.338 e. The van der Waals surface area contributed by atoms with Gasteiger partial charge in [0.1, 0.15) is 13.2 Å². The van der Waals surface area contributed by atoms with Crippen LogP contribution in [0.15, 0.2) is 24.3 Å². The third-order valence-electron chi connectivity index (χ3n) is 2.60. The Kier molecular flexibility index (Phi) is 7.17. The SMILES string of the molecule is CCCCNc1ccc(C(=O)OCCOC(C)=O)cc1. The molecule has 5 heteroatoms. The molecule has 0 radical (unpaired) electrons. The number of carbonyl (C=O) groups excluding carboxylic acids is 2. The fourth-order valence-corrected chi connectivity index (χ4v) is 1.54. The maximum Gasteiger partial charge on any atom is 0.338 e. The molecule has 0 saturated heterocycles. The number of hydrogen-bond acceptors (Lipinski definition) is 5. The molecule has 0 bridgehead atoms. The van der Waals surface area contributed by atoms with Crippen LogP contribution in [0.5, 0.6) is 0 Å². The molecule has 0 aliphatic heterocycles. The van der Waals surface area contributed by atoms with E-state index in [-0.39, 0.29) is 19.2 Å². The van der Waals surface area contributed by atoms with Crippen LogP contribution in [-0.2, 0) is 14.3 Å². The predicted octanol–water partition coefficient (Wildman–Crippen LogP) is 2.62. The van der Waals surface area contributed by atoms with Crippen molar-refractivity contribution in [1.82, 2.24) is 0 Å². The van der Waals surface area contributed by atoms with Crippen molar-refractivity contribution >= 4 is 17.6 Å². The monoisotopic (exact) mass is 279 g/mol. The minimum absolute atomic E-state index is 0.0644. The van der Waals surface area contributed by atoms with Crippen LogP contribution in [0.4, 0.5) is 5.69 Å². The number of unbranched alkanes of at least 4 members (excludes halogenated alkanes) is 1. The van der Waals surface area contributed by atoms with Gasteiger partial charge in [0.25, 0.3) is 0 Å². The van der Waals surface area contributed by atoms with E-state index in [4.69, 9.17) is 4.74 Å². The molecule has 0 heterocycles. The zero-order chi connectivity index (χ0) is 14.8. The van der Waals surface area contributed by atoms with Gasteiger partial charge in [-0.25, -0.2) is 4.79 Å². The van der Waals surface area contributed by atoms with Crippen LogP contribution in [0.3, 0.4) is 0 Å². The number of rotatable bonds is 8. The molecule has 1 aromatic carbocycles. The fourth-order valence-electron chi connectivity index (χ4n) is 1.54. The Hall–Kier alpha value is -2.04. The number of carbonyl (C=O) groups is 2. The van der Waals surface area contributed by atoms with Crippen molar-refractivity contribution in [2.45, 2.75) is 26.7 Å². The van der Waals surface area contributed by atoms with Crippen LogP contribution in [-0.4, -0.2) is 31.7 Å². The lowest BCUT2D eigenvalue weighted by Gasteiger charge is -2.07. The zero-order valence-electron chi connectivity index (χ0n) is 12.0. The highest BCUT2D eigenvalue weighted by atomic mass is 16.6. The minimum Gasteiger partial charge on any atom is -0.462 e. The van der Waals surface area contributed by atoms with Crippen LogP contribution in [0.25, 0.3) is 0 Å². The van der Waals surface area contributed by atoms with Gasteiger partial charge < -0.3 is 14.8 Å². The van der Waals surface area contributed by atoms with Crippen molar-refractivity contribution < 1.29 is 19.1 Å². The van der Waals surface area contributed by atoms with Gasteiger partial charge in [0.2, 0.25) is 0 Å². The largest absolute Gasteiger partial charge is 0.462 e. The van der Waals surface area contributed by atoms with E-state index >= 15 is 0 Å². The lowest BCUT2D eigenvalue weighted by atomic mass is 10.2. The summed E-state index contributed by atoms with van der Waals surface area (Å²) in [5.74, 6) is -0.805. The molecular weight excluding hydrogens is 258 g/mol. The molecule has 20 heavy (non-hydrogen) atoms. The van der Waals surface area contributed by atoms with E-state index in [1.54, 1.807) is 12.1 Å². The molecule has 5 nitrogen and oxygen atoms in total. The Morgan fingerprint density at radius 3 is 2.35 bits per heavy atom. The van der Waals surface area contributed by atoms with E-state index in [0.29, 0.717) is 5.56 Å². The van der Waals surface area contributed by atoms with Crippen molar-refractivity contribution in [3.63, 3.8) is 0 Å². The third kappa shape index (κ3) is 6.22. The summed E-state index contributed by atoms with van der Waals surface area (Å²) < 4.78 is 9.66. The van der Waals surface area contributed by atoms with Gasteiger partial charge in [0.15, 0.2) is 0 Å². The van der Waals surface area contributed by atoms with Crippen LogP contribution in [0.1, 0.15) is 37.0 Å². The number of hydrogen-bond donors (Lipinski definition) is 1. The molecule has 0 unspecified atom stereocenters. The first-order chi connectivity index (χ1) is 9.63. The van der Waals surface area contributed by atoms with Crippen molar-refractivity contribution in [1.29, 1.82) is 0 Å². The first kappa shape index (κ1) is 16.0. The van der Waals surface area contributed by atoms with Crippen molar-refractivity contribution in [3.8, 4) is 0 Å². The summed E-state index contributed by atoms with van der Waals surface area (Å²) in [4.78, 5) is 22.2. The van der Waals surface area contributed by atoms with Crippen LogP contribution < -0.4 is 5.32 Å². The van der Waals surface area contributed by atoms with E-state index in [1.807, 2.05) is 12.1 Å². The first-order valence-electron chi connectivity index (χ1n) is 6.78. The van der Waals surface area contributed by atoms with Crippen LogP contribution in [0, 0.1) is 0 Å². The summed E-state index contributed by atoms with van der Waals surface area (Å²) in [7, 11) is 0. The van der Waals surface area contributed by atoms with E-state index in [0.717, 1.165) is 25.1 Å². The molecule has 0 spiro atoms. The normalized spacial score (nSPS) is 9.90. The first-order valence-corrected chi connectivity index (χ1v) is 6.78. The van der Waals surface area contributed by atoms with Gasteiger partial charge in [0, 0.05) is 19.2 Å². The van der Waals surface area contributed by atoms with E-state index < -0.39 is 5.97 Å². The highest BCUT2D eigenvalue weighted by molar-refractivity contribution is 5.89. The van der Waals surface area contributed by atoms with E-state index in [2.05, 4.69) is 17.0 Å². The Labute approximate surface area is 119 Å². The molecule has 0 aromatic heterocycles. The summed E-state index contributed by atoms with van der Waals surface area (Å²) in [5, 5.41) is 3.27. The number of nitrogens with one attached hydrogen (secondary N) is 1. The highest BCUT2D eigenvalue weighted by Crippen LogP contribution is 2.10. The van der Waals surface area contributed by atoms with Crippen molar-refractivity contribution in [3.05, 3.63) is 29.8 Å². The Morgan fingerprint density at radius 1 is 1.10 bits per heavy atom. The molecule has 1 aromatic rings. The second kappa shape index (κ2) is 8.96. The van der Waals surface area contributed by atoms with Crippen LogP contribution in [0.2, 0.25) is 0 Å². The number of benzene rings is 1. The molecule has 0 fully saturated rings. The molecule has 1 rings (SSSR count). The van der Waals surface area contributed by atoms with E-state index in [1.165, 1.54) is 6.92 Å². The van der Waals surface area contributed by atoms with Gasteiger partial charge in [-0.2, -0.15) is 0 Å². The number of esters is 2. The summed E-state index contributed by atoms with van der Waals surface area (Å²) in [5.41, 5.74) is 1.46. The Morgan fingerprint density at radius 2 is 1.75 bits per heavy atom. The average Bonchev–Trinajstić information content (AvgIpc) is 2.44. The molecule has 110 valence electrons. The Bertz CT molecular complexity index is 428. The predicted molar refractivity (Wildman–Crippen MR) is 76.8 cm³/mol. The van der Waals surface area contributed by atoms with Crippen LogP contribution >= 0.6 is 0 Å². The molecule has 0 saturated carbocycles. The summed E-state index contributed by atoms with van der Waals surface area (Å²) in [6.07, 6.45) is 2.25. The van der Waals surface area contributed by atoms with Crippen molar-refractivity contribution in [2.75, 3.05) is 25.1 Å². The average molecular weight is 279 g/mol. The highest BCUT2D eigenvalue weighted by Gasteiger charge is 2.06. The van der Waals surface area contributed by atoms with E-state index in [9.17, 15) is 9.59 Å². The van der Waals surface area contributed by atoms with Crippen molar-refractivity contribution in [2.24, 2.45) is 0 Å². The fraction of sp³-hybridized carbons (Fsp3) is 0.467. The lowest BCUT2D eigenvalue weighted by molar-refractivity contribution is -0.142. The standard InChI is InChI=1S/C15H21NO4/c1-3-4-9-16-14-7-5-13(6-8-14)15(18)20-11-10-19-12(2)17/h5-8,16H,3-4,9-11H2,1-2H3. The maximum atomic E-state index is 11.7. The topological polar surface area (TPSA) is 64.6 Å². The van der Waals surface area contributed by atoms with Gasteiger partial charge in [-0.15, -0.1) is 0 Å². The molecule has 0 amide bonds.